The Bertz CT molecular complexity index is 457. The molecule has 104 valence electrons. The molecule has 1 saturated heterocycles. The van der Waals surface area contributed by atoms with Gasteiger partial charge in [-0.2, -0.15) is 0 Å². The van der Waals surface area contributed by atoms with Crippen LogP contribution < -0.4 is 9.80 Å². The van der Waals surface area contributed by atoms with E-state index in [-0.39, 0.29) is 0 Å². The Hall–Kier alpha value is -1.78. The van der Waals surface area contributed by atoms with Gasteiger partial charge in [-0.25, -0.2) is 0 Å². The predicted molar refractivity (Wildman–Crippen MR) is 77.3 cm³/mol. The van der Waals surface area contributed by atoms with Gasteiger partial charge in [-0.05, 0) is 24.3 Å². The van der Waals surface area contributed by atoms with Gasteiger partial charge in [0, 0.05) is 12.4 Å². The van der Waals surface area contributed by atoms with Gasteiger partial charge in [-0.3, -0.25) is 9.97 Å². The molecular formula is C16H22N4+2. The fraction of sp³-hybridized carbons (Fsp3) is 0.375. The zero-order valence-corrected chi connectivity index (χ0v) is 11.8. The normalized spacial score (nSPS) is 22.6. The summed E-state index contributed by atoms with van der Waals surface area (Å²) in [4.78, 5) is 12.1. The van der Waals surface area contributed by atoms with Gasteiger partial charge < -0.3 is 9.80 Å². The van der Waals surface area contributed by atoms with Crippen molar-refractivity contribution in [1.29, 1.82) is 0 Å². The molecule has 1 aliphatic heterocycles. The van der Waals surface area contributed by atoms with Crippen LogP contribution in [0.4, 0.5) is 0 Å². The van der Waals surface area contributed by atoms with Crippen LogP contribution in [0.5, 0.6) is 0 Å². The highest BCUT2D eigenvalue weighted by atomic mass is 15.3. The third-order valence-corrected chi connectivity index (χ3v) is 3.98. The number of hydrogen-bond acceptors (Lipinski definition) is 2. The van der Waals surface area contributed by atoms with E-state index < -0.39 is 0 Å². The van der Waals surface area contributed by atoms with E-state index in [1.54, 1.807) is 9.80 Å². The van der Waals surface area contributed by atoms with Crippen molar-refractivity contribution in [2.24, 2.45) is 0 Å². The van der Waals surface area contributed by atoms with Crippen LogP contribution in [0.25, 0.3) is 0 Å². The Balaban J connectivity index is 1.47. The maximum atomic E-state index is 4.42. The fourth-order valence-electron chi connectivity index (χ4n) is 2.83. The van der Waals surface area contributed by atoms with Crippen molar-refractivity contribution in [3.05, 3.63) is 60.2 Å². The quantitative estimate of drug-likeness (QED) is 0.744. The third-order valence-electron chi connectivity index (χ3n) is 3.98. The lowest BCUT2D eigenvalue weighted by Crippen LogP contribution is -3.27. The van der Waals surface area contributed by atoms with Crippen LogP contribution >= 0.6 is 0 Å². The van der Waals surface area contributed by atoms with Crippen molar-refractivity contribution in [2.45, 2.75) is 13.1 Å². The van der Waals surface area contributed by atoms with Crippen LogP contribution in [-0.4, -0.2) is 36.1 Å². The van der Waals surface area contributed by atoms with E-state index in [0.29, 0.717) is 0 Å². The van der Waals surface area contributed by atoms with E-state index in [9.17, 15) is 0 Å². The lowest BCUT2D eigenvalue weighted by Gasteiger charge is -2.29. The van der Waals surface area contributed by atoms with E-state index in [2.05, 4.69) is 34.2 Å². The summed E-state index contributed by atoms with van der Waals surface area (Å²) in [7, 11) is 0. The summed E-state index contributed by atoms with van der Waals surface area (Å²) in [6, 6.07) is 12.4. The minimum absolute atomic E-state index is 1.05. The van der Waals surface area contributed by atoms with Gasteiger partial charge in [0.2, 0.25) is 0 Å². The monoisotopic (exact) mass is 270 g/mol. The number of aromatic nitrogens is 2. The van der Waals surface area contributed by atoms with E-state index in [4.69, 9.17) is 0 Å². The van der Waals surface area contributed by atoms with Crippen LogP contribution in [0.15, 0.2) is 48.8 Å². The molecule has 20 heavy (non-hydrogen) atoms. The third kappa shape index (κ3) is 3.62. The van der Waals surface area contributed by atoms with Crippen LogP contribution in [0.2, 0.25) is 0 Å². The van der Waals surface area contributed by atoms with E-state index in [1.165, 1.54) is 37.6 Å². The van der Waals surface area contributed by atoms with Crippen molar-refractivity contribution in [3.8, 4) is 0 Å². The standard InChI is InChI=1S/C16H20N4/c1-3-7-17-15(5-1)13-19-9-11-20(12-10-19)14-16-6-2-4-8-18-16/h1-8H,9-14H2/p+2. The molecule has 4 heteroatoms. The Morgan fingerprint density at radius 2 is 1.15 bits per heavy atom. The van der Waals surface area contributed by atoms with Crippen LogP contribution in [0.3, 0.4) is 0 Å². The number of rotatable bonds is 4. The molecule has 4 nitrogen and oxygen atoms in total. The summed E-state index contributed by atoms with van der Waals surface area (Å²) in [5.74, 6) is 0. The average molecular weight is 270 g/mol. The number of nitrogens with zero attached hydrogens (tertiary/aromatic N) is 2. The minimum Gasteiger partial charge on any atom is -0.321 e. The summed E-state index contributed by atoms with van der Waals surface area (Å²) < 4.78 is 0. The number of piperazine rings is 1. The van der Waals surface area contributed by atoms with Crippen molar-refractivity contribution in [3.63, 3.8) is 0 Å². The lowest BCUT2D eigenvalue weighted by atomic mass is 10.2. The highest BCUT2D eigenvalue weighted by Gasteiger charge is 2.23. The first-order chi connectivity index (χ1) is 9.90. The van der Waals surface area contributed by atoms with Gasteiger partial charge in [0.15, 0.2) is 0 Å². The number of quaternary nitrogens is 2. The molecular weight excluding hydrogens is 248 g/mol. The molecule has 0 unspecified atom stereocenters. The molecule has 2 aromatic heterocycles. The first-order valence-corrected chi connectivity index (χ1v) is 7.37. The van der Waals surface area contributed by atoms with Gasteiger partial charge in [0.25, 0.3) is 0 Å². The van der Waals surface area contributed by atoms with E-state index in [1.807, 2.05) is 24.5 Å². The van der Waals surface area contributed by atoms with Crippen molar-refractivity contribution in [1.82, 2.24) is 9.97 Å². The summed E-state index contributed by atoms with van der Waals surface area (Å²) in [6.07, 6.45) is 3.77. The summed E-state index contributed by atoms with van der Waals surface area (Å²) in [6.45, 7) is 6.99. The molecule has 2 aromatic rings. The zero-order chi connectivity index (χ0) is 13.6. The zero-order valence-electron chi connectivity index (χ0n) is 11.8. The summed E-state index contributed by atoms with van der Waals surface area (Å²) in [5, 5.41) is 0. The minimum atomic E-state index is 1.05. The Labute approximate surface area is 120 Å². The second-order valence-electron chi connectivity index (χ2n) is 5.50. The fourth-order valence-corrected chi connectivity index (χ4v) is 2.83. The Kier molecular flexibility index (Phi) is 4.35. The van der Waals surface area contributed by atoms with Gasteiger partial charge >= 0.3 is 0 Å². The number of pyridine rings is 2. The molecule has 0 bridgehead atoms. The van der Waals surface area contributed by atoms with Gasteiger partial charge in [-0.1, -0.05) is 12.1 Å². The molecule has 0 amide bonds. The summed E-state index contributed by atoms with van der Waals surface area (Å²) >= 11 is 0. The van der Waals surface area contributed by atoms with Crippen LogP contribution in [0, 0.1) is 0 Å². The molecule has 0 aliphatic carbocycles. The van der Waals surface area contributed by atoms with Gasteiger partial charge in [0.1, 0.15) is 39.3 Å². The topological polar surface area (TPSA) is 34.7 Å². The second-order valence-corrected chi connectivity index (χ2v) is 5.50. The second kappa shape index (κ2) is 6.59. The summed E-state index contributed by atoms with van der Waals surface area (Å²) in [5.41, 5.74) is 2.41. The largest absolute Gasteiger partial charge is 0.321 e. The molecule has 0 atom stereocenters. The molecule has 2 N–H and O–H groups in total. The molecule has 0 aromatic carbocycles. The van der Waals surface area contributed by atoms with E-state index >= 15 is 0 Å². The van der Waals surface area contributed by atoms with Gasteiger partial charge in [-0.15, -0.1) is 0 Å². The molecule has 3 heterocycles. The first kappa shape index (κ1) is 13.2. The van der Waals surface area contributed by atoms with Crippen molar-refractivity contribution in [2.75, 3.05) is 26.2 Å². The number of nitrogens with one attached hydrogen (secondary N) is 2. The SMILES string of the molecule is c1ccc(C[NH+]2CC[NH+](Cc3ccccn3)CC2)nc1. The van der Waals surface area contributed by atoms with Crippen LogP contribution in [-0.2, 0) is 13.1 Å². The molecule has 0 radical (unpaired) electrons. The highest BCUT2D eigenvalue weighted by Crippen LogP contribution is 1.91. The lowest BCUT2D eigenvalue weighted by molar-refractivity contribution is -1.02. The van der Waals surface area contributed by atoms with Crippen molar-refractivity contribution >= 4 is 0 Å². The number of hydrogen-bond donors (Lipinski definition) is 2. The van der Waals surface area contributed by atoms with Gasteiger partial charge in [0.05, 0.1) is 11.4 Å². The molecule has 0 saturated carbocycles. The molecule has 1 fully saturated rings. The molecule has 1 aliphatic rings. The maximum absolute atomic E-state index is 4.42. The van der Waals surface area contributed by atoms with E-state index in [0.717, 1.165) is 13.1 Å². The predicted octanol–water partition coefficient (Wildman–Crippen LogP) is -1.04. The Morgan fingerprint density at radius 3 is 1.50 bits per heavy atom. The highest BCUT2D eigenvalue weighted by molar-refractivity contribution is 5.02. The molecule has 0 spiro atoms. The maximum Gasteiger partial charge on any atom is 0.127 e. The van der Waals surface area contributed by atoms with Crippen molar-refractivity contribution < 1.29 is 9.80 Å². The Morgan fingerprint density at radius 1 is 0.700 bits per heavy atom. The smallest absolute Gasteiger partial charge is 0.127 e. The average Bonchev–Trinajstić information content (AvgIpc) is 2.51. The van der Waals surface area contributed by atoms with Crippen LogP contribution in [0.1, 0.15) is 11.4 Å². The first-order valence-electron chi connectivity index (χ1n) is 7.37. The molecule has 3 rings (SSSR count).